The fraction of sp³-hybridized carbons (Fsp3) is 0.500. The minimum atomic E-state index is -0.234. The second-order valence-electron chi connectivity index (χ2n) is 5.64. The van der Waals surface area contributed by atoms with Gasteiger partial charge in [-0.1, -0.05) is 19.9 Å². The van der Waals surface area contributed by atoms with Gasteiger partial charge in [0.2, 0.25) is 0 Å². The van der Waals surface area contributed by atoms with Crippen LogP contribution in [0, 0.1) is 5.92 Å². The van der Waals surface area contributed by atoms with Crippen molar-refractivity contribution in [3.05, 3.63) is 29.8 Å². The Kier molecular flexibility index (Phi) is 7.15. The largest absolute Gasteiger partial charge is 0.494 e. The summed E-state index contributed by atoms with van der Waals surface area (Å²) in [5.41, 5.74) is 0.532. The van der Waals surface area contributed by atoms with E-state index in [0.717, 1.165) is 6.42 Å². The van der Waals surface area contributed by atoms with Gasteiger partial charge in [-0.15, -0.1) is 0 Å². The van der Waals surface area contributed by atoms with Crippen LogP contribution in [0.2, 0.25) is 0 Å². The average molecular weight is 308 g/mol. The summed E-state index contributed by atoms with van der Waals surface area (Å²) in [6.45, 7) is 8.87. The van der Waals surface area contributed by atoms with Crippen molar-refractivity contribution in [3.63, 3.8) is 0 Å². The van der Waals surface area contributed by atoms with Gasteiger partial charge in [-0.2, -0.15) is 0 Å². The molecule has 0 aliphatic carbocycles. The molecule has 5 heteroatoms. The summed E-state index contributed by atoms with van der Waals surface area (Å²) in [6.07, 6.45) is 0.985. The average Bonchev–Trinajstić information content (AvgIpc) is 2.37. The van der Waals surface area contributed by atoms with Crippen LogP contribution in [0.15, 0.2) is 24.3 Å². The lowest BCUT2D eigenvalue weighted by atomic mass is 10.1. The molecule has 0 radical (unpaired) electrons. The van der Waals surface area contributed by atoms with E-state index in [1.807, 2.05) is 19.9 Å². The Morgan fingerprint density at radius 2 is 2.00 bits per heavy atom. The highest BCUT2D eigenvalue weighted by atomic mass is 32.1. The second kappa shape index (κ2) is 8.62. The first-order chi connectivity index (χ1) is 9.88. The molecule has 0 fully saturated rings. The molecule has 0 aliphatic heterocycles. The van der Waals surface area contributed by atoms with Crippen molar-refractivity contribution >= 4 is 23.2 Å². The fourth-order valence-electron chi connectivity index (χ4n) is 1.61. The zero-order valence-corrected chi connectivity index (χ0v) is 13.9. The fourth-order valence-corrected chi connectivity index (χ4v) is 1.94. The van der Waals surface area contributed by atoms with Crippen LogP contribution in [0.4, 0.5) is 0 Å². The first kappa shape index (κ1) is 17.4. The van der Waals surface area contributed by atoms with Gasteiger partial charge in [0.1, 0.15) is 5.75 Å². The maximum absolute atomic E-state index is 12.1. The summed E-state index contributed by atoms with van der Waals surface area (Å²) >= 11 is 5.06. The van der Waals surface area contributed by atoms with E-state index in [2.05, 4.69) is 24.5 Å². The standard InChI is InChI=1S/C16H24N2O2S/c1-11(2)8-9-20-14-7-5-6-13(10-14)15(19)18-16(21)17-12(3)4/h5-7,10-12H,8-9H2,1-4H3,(H2,17,18,19,21). The smallest absolute Gasteiger partial charge is 0.257 e. The molecular weight excluding hydrogens is 284 g/mol. The number of hydrogen-bond acceptors (Lipinski definition) is 3. The van der Waals surface area contributed by atoms with Gasteiger partial charge in [0, 0.05) is 11.6 Å². The van der Waals surface area contributed by atoms with E-state index in [1.54, 1.807) is 18.2 Å². The topological polar surface area (TPSA) is 50.4 Å². The maximum atomic E-state index is 12.1. The third-order valence-corrected chi connectivity index (χ3v) is 2.93. The quantitative estimate of drug-likeness (QED) is 0.793. The number of nitrogens with one attached hydrogen (secondary N) is 2. The molecule has 0 unspecified atom stereocenters. The summed E-state index contributed by atoms with van der Waals surface area (Å²) in [6, 6.07) is 7.31. The third kappa shape index (κ3) is 7.09. The molecule has 0 bridgehead atoms. The van der Waals surface area contributed by atoms with Crippen LogP contribution in [-0.4, -0.2) is 23.7 Å². The number of carbonyl (C=O) groups is 1. The third-order valence-electron chi connectivity index (χ3n) is 2.71. The number of thiocarbonyl (C=S) groups is 1. The van der Waals surface area contributed by atoms with Crippen LogP contribution < -0.4 is 15.4 Å². The van der Waals surface area contributed by atoms with E-state index in [0.29, 0.717) is 29.0 Å². The predicted octanol–water partition coefficient (Wildman–Crippen LogP) is 3.12. The summed E-state index contributed by atoms with van der Waals surface area (Å²) in [5, 5.41) is 5.96. The molecule has 1 rings (SSSR count). The van der Waals surface area contributed by atoms with Crippen LogP contribution >= 0.6 is 12.2 Å². The monoisotopic (exact) mass is 308 g/mol. The van der Waals surface area contributed by atoms with E-state index in [1.165, 1.54) is 0 Å². The van der Waals surface area contributed by atoms with Crippen molar-refractivity contribution in [1.29, 1.82) is 0 Å². The number of ether oxygens (including phenoxy) is 1. The SMILES string of the molecule is CC(C)CCOc1cccc(C(=O)NC(=S)NC(C)C)c1. The molecular formula is C16H24N2O2S. The minimum absolute atomic E-state index is 0.184. The van der Waals surface area contributed by atoms with E-state index in [9.17, 15) is 4.79 Å². The maximum Gasteiger partial charge on any atom is 0.257 e. The number of rotatable bonds is 6. The van der Waals surface area contributed by atoms with Crippen LogP contribution in [-0.2, 0) is 0 Å². The molecule has 0 atom stereocenters. The molecule has 0 saturated heterocycles. The lowest BCUT2D eigenvalue weighted by Gasteiger charge is -2.13. The van der Waals surface area contributed by atoms with Crippen LogP contribution in [0.3, 0.4) is 0 Å². The Morgan fingerprint density at radius 1 is 1.29 bits per heavy atom. The number of carbonyl (C=O) groups excluding carboxylic acids is 1. The molecule has 116 valence electrons. The zero-order chi connectivity index (χ0) is 15.8. The molecule has 1 amide bonds. The van der Waals surface area contributed by atoms with Crippen LogP contribution in [0.1, 0.15) is 44.5 Å². The highest BCUT2D eigenvalue weighted by molar-refractivity contribution is 7.80. The molecule has 1 aromatic rings. The summed E-state index contributed by atoms with van der Waals surface area (Å²) in [7, 11) is 0. The summed E-state index contributed by atoms with van der Waals surface area (Å²) in [4.78, 5) is 12.1. The van der Waals surface area contributed by atoms with Gasteiger partial charge in [0.15, 0.2) is 5.11 Å². The first-order valence-electron chi connectivity index (χ1n) is 7.23. The van der Waals surface area contributed by atoms with Gasteiger partial charge in [-0.05, 0) is 56.6 Å². The normalized spacial score (nSPS) is 10.6. The Balaban J connectivity index is 2.58. The highest BCUT2D eigenvalue weighted by Gasteiger charge is 2.09. The molecule has 0 heterocycles. The van der Waals surface area contributed by atoms with Crippen molar-refractivity contribution in [3.8, 4) is 5.75 Å². The van der Waals surface area contributed by atoms with Gasteiger partial charge < -0.3 is 10.1 Å². The summed E-state index contributed by atoms with van der Waals surface area (Å²) in [5.74, 6) is 1.06. The Bertz CT molecular complexity index is 487. The number of benzene rings is 1. The molecule has 1 aromatic carbocycles. The zero-order valence-electron chi connectivity index (χ0n) is 13.1. The van der Waals surface area contributed by atoms with Crippen molar-refractivity contribution in [2.24, 2.45) is 5.92 Å². The molecule has 0 aromatic heterocycles. The lowest BCUT2D eigenvalue weighted by Crippen LogP contribution is -2.42. The van der Waals surface area contributed by atoms with Crippen LogP contribution in [0.5, 0.6) is 5.75 Å². The van der Waals surface area contributed by atoms with Gasteiger partial charge in [-0.25, -0.2) is 0 Å². The van der Waals surface area contributed by atoms with Gasteiger partial charge in [-0.3, -0.25) is 10.1 Å². The van der Waals surface area contributed by atoms with Gasteiger partial charge in [0.05, 0.1) is 6.61 Å². The van der Waals surface area contributed by atoms with E-state index in [-0.39, 0.29) is 11.9 Å². The van der Waals surface area contributed by atoms with Gasteiger partial charge in [0.25, 0.3) is 5.91 Å². The van der Waals surface area contributed by atoms with Gasteiger partial charge >= 0.3 is 0 Å². The summed E-state index contributed by atoms with van der Waals surface area (Å²) < 4.78 is 5.65. The Labute approximate surface area is 132 Å². The van der Waals surface area contributed by atoms with E-state index < -0.39 is 0 Å². The van der Waals surface area contributed by atoms with E-state index in [4.69, 9.17) is 17.0 Å². The number of hydrogen-bond donors (Lipinski definition) is 2. The van der Waals surface area contributed by atoms with Crippen molar-refractivity contribution in [2.45, 2.75) is 40.2 Å². The molecule has 0 aliphatic rings. The molecule has 2 N–H and O–H groups in total. The minimum Gasteiger partial charge on any atom is -0.494 e. The first-order valence-corrected chi connectivity index (χ1v) is 7.64. The lowest BCUT2D eigenvalue weighted by molar-refractivity contribution is 0.0976. The second-order valence-corrected chi connectivity index (χ2v) is 6.05. The van der Waals surface area contributed by atoms with Crippen LogP contribution in [0.25, 0.3) is 0 Å². The predicted molar refractivity (Wildman–Crippen MR) is 89.7 cm³/mol. The Morgan fingerprint density at radius 3 is 2.62 bits per heavy atom. The van der Waals surface area contributed by atoms with Crippen molar-refractivity contribution < 1.29 is 9.53 Å². The molecule has 0 spiro atoms. The molecule has 0 saturated carbocycles. The molecule has 4 nitrogen and oxygen atoms in total. The molecule has 21 heavy (non-hydrogen) atoms. The highest BCUT2D eigenvalue weighted by Crippen LogP contribution is 2.14. The Hall–Kier alpha value is -1.62. The number of amides is 1. The van der Waals surface area contributed by atoms with Crippen molar-refractivity contribution in [1.82, 2.24) is 10.6 Å². The van der Waals surface area contributed by atoms with Crippen molar-refractivity contribution in [2.75, 3.05) is 6.61 Å². The van der Waals surface area contributed by atoms with E-state index >= 15 is 0 Å².